The highest BCUT2D eigenvalue weighted by Crippen LogP contribution is 2.29. The van der Waals surface area contributed by atoms with E-state index in [9.17, 15) is 0 Å². The Hall–Kier alpha value is -1.09. The average molecular weight is 248 g/mol. The van der Waals surface area contributed by atoms with E-state index in [-0.39, 0.29) is 0 Å². The largest absolute Gasteiger partial charge is 0.399 e. The van der Waals surface area contributed by atoms with Crippen LogP contribution in [0.25, 0.3) is 10.9 Å². The molecule has 0 radical (unpaired) electrons. The number of hydrogen-bond donors (Lipinski definition) is 1. The molecule has 0 unspecified atom stereocenters. The third-order valence-electron chi connectivity index (χ3n) is 2.96. The third kappa shape index (κ3) is 2.44. The van der Waals surface area contributed by atoms with E-state index in [2.05, 4.69) is 43.7 Å². The van der Waals surface area contributed by atoms with Crippen LogP contribution in [0.4, 0.5) is 5.69 Å². The molecule has 0 aliphatic heterocycles. The molecule has 2 N–H and O–H groups in total. The summed E-state index contributed by atoms with van der Waals surface area (Å²) in [5, 5.41) is 1.34. The minimum absolute atomic E-state index is 0.472. The zero-order valence-corrected chi connectivity index (χ0v) is 11.6. The molecule has 0 aliphatic carbocycles. The normalized spacial score (nSPS) is 11.5. The fraction of sp³-hybridized carbons (Fsp3) is 0.429. The van der Waals surface area contributed by atoms with Crippen LogP contribution in [0, 0.1) is 0 Å². The number of nitrogens with two attached hydrogens (primary N) is 1. The van der Waals surface area contributed by atoms with Crippen molar-refractivity contribution < 1.29 is 0 Å². The molecule has 1 aromatic carbocycles. The highest BCUT2D eigenvalue weighted by Gasteiger charge is 2.10. The molecule has 1 heterocycles. The first-order chi connectivity index (χ1) is 8.13. The number of nitrogens with zero attached hydrogens (tertiary/aromatic N) is 1. The van der Waals surface area contributed by atoms with E-state index in [1.807, 2.05) is 17.8 Å². The Morgan fingerprint density at radius 2 is 2.12 bits per heavy atom. The van der Waals surface area contributed by atoms with Gasteiger partial charge in [0, 0.05) is 29.1 Å². The molecule has 2 rings (SSSR count). The van der Waals surface area contributed by atoms with E-state index in [0.29, 0.717) is 6.04 Å². The van der Waals surface area contributed by atoms with Crippen LogP contribution in [-0.4, -0.2) is 10.3 Å². The Labute approximate surface area is 107 Å². The first-order valence-corrected chi connectivity index (χ1v) is 7.25. The van der Waals surface area contributed by atoms with Gasteiger partial charge in [0.15, 0.2) is 0 Å². The summed E-state index contributed by atoms with van der Waals surface area (Å²) < 4.78 is 2.32. The minimum atomic E-state index is 0.472. The summed E-state index contributed by atoms with van der Waals surface area (Å²) >= 11 is 1.96. The van der Waals surface area contributed by atoms with E-state index >= 15 is 0 Å². The molecule has 0 bridgehead atoms. The second-order valence-corrected chi connectivity index (χ2v) is 5.84. The van der Waals surface area contributed by atoms with Crippen molar-refractivity contribution in [1.29, 1.82) is 0 Å². The summed E-state index contributed by atoms with van der Waals surface area (Å²) in [6.45, 7) is 6.61. The average Bonchev–Trinajstić information content (AvgIpc) is 2.64. The molecule has 3 heteroatoms. The van der Waals surface area contributed by atoms with Gasteiger partial charge in [0.05, 0.1) is 5.52 Å². The maximum absolute atomic E-state index is 5.88. The second-order valence-electron chi connectivity index (χ2n) is 4.57. The minimum Gasteiger partial charge on any atom is -0.399 e. The van der Waals surface area contributed by atoms with Crippen LogP contribution in [0.2, 0.25) is 0 Å². The summed E-state index contributed by atoms with van der Waals surface area (Å²) in [6, 6.07) is 6.69. The van der Waals surface area contributed by atoms with Gasteiger partial charge in [-0.3, -0.25) is 0 Å². The predicted molar refractivity (Wildman–Crippen MR) is 78.6 cm³/mol. The van der Waals surface area contributed by atoms with Gasteiger partial charge in [-0.05, 0) is 37.3 Å². The van der Waals surface area contributed by atoms with Gasteiger partial charge >= 0.3 is 0 Å². The van der Waals surface area contributed by atoms with Crippen molar-refractivity contribution in [1.82, 2.24) is 4.57 Å². The molecular weight excluding hydrogens is 228 g/mol. The van der Waals surface area contributed by atoms with Gasteiger partial charge in [-0.15, -0.1) is 0 Å². The predicted octanol–water partition coefficient (Wildman–Crippen LogP) is 4.06. The molecule has 0 spiro atoms. The lowest BCUT2D eigenvalue weighted by Gasteiger charge is -2.09. The van der Waals surface area contributed by atoms with Crippen LogP contribution < -0.4 is 5.73 Å². The molecule has 17 heavy (non-hydrogen) atoms. The molecule has 0 aliphatic rings. The molecule has 0 saturated carbocycles. The van der Waals surface area contributed by atoms with Gasteiger partial charge in [0.25, 0.3) is 0 Å². The van der Waals surface area contributed by atoms with Gasteiger partial charge < -0.3 is 10.3 Å². The summed E-state index contributed by atoms with van der Waals surface area (Å²) in [5.41, 5.74) is 9.40. The van der Waals surface area contributed by atoms with Crippen molar-refractivity contribution in [2.45, 2.75) is 32.6 Å². The van der Waals surface area contributed by atoms with E-state index in [1.165, 1.54) is 16.5 Å². The van der Waals surface area contributed by atoms with Crippen LogP contribution in [-0.2, 0) is 5.75 Å². The first kappa shape index (κ1) is 12.4. The number of nitrogen functional groups attached to an aromatic ring is 1. The standard InChI is InChI=1S/C14H20N2S/c1-4-17-9-11-8-16(10(2)3)14-7-12(15)5-6-13(11)14/h5-8,10H,4,9,15H2,1-3H3. The number of thioether (sulfide) groups is 1. The van der Waals surface area contributed by atoms with Gasteiger partial charge in [-0.25, -0.2) is 0 Å². The fourth-order valence-electron chi connectivity index (χ4n) is 2.10. The maximum atomic E-state index is 5.88. The van der Waals surface area contributed by atoms with Crippen molar-refractivity contribution in [2.24, 2.45) is 0 Å². The van der Waals surface area contributed by atoms with Crippen molar-refractivity contribution >= 4 is 28.4 Å². The topological polar surface area (TPSA) is 30.9 Å². The summed E-state index contributed by atoms with van der Waals surface area (Å²) in [4.78, 5) is 0. The number of rotatable bonds is 4. The Morgan fingerprint density at radius 3 is 2.76 bits per heavy atom. The van der Waals surface area contributed by atoms with E-state index < -0.39 is 0 Å². The van der Waals surface area contributed by atoms with E-state index in [0.717, 1.165) is 17.2 Å². The number of benzene rings is 1. The SMILES string of the molecule is CCSCc1cn(C(C)C)c2cc(N)ccc12. The molecule has 92 valence electrons. The molecule has 1 aromatic heterocycles. The van der Waals surface area contributed by atoms with Crippen molar-refractivity contribution in [2.75, 3.05) is 11.5 Å². The molecule has 2 nitrogen and oxygen atoms in total. The maximum Gasteiger partial charge on any atom is 0.0506 e. The lowest BCUT2D eigenvalue weighted by atomic mass is 10.2. The lowest BCUT2D eigenvalue weighted by Crippen LogP contribution is -1.98. The quantitative estimate of drug-likeness (QED) is 0.827. The number of aromatic nitrogens is 1. The zero-order valence-electron chi connectivity index (χ0n) is 10.7. The number of fused-ring (bicyclic) bond motifs is 1. The molecule has 0 atom stereocenters. The third-order valence-corrected chi connectivity index (χ3v) is 3.88. The molecule has 0 saturated heterocycles. The van der Waals surface area contributed by atoms with Gasteiger partial charge in [-0.1, -0.05) is 13.0 Å². The van der Waals surface area contributed by atoms with Crippen molar-refractivity contribution in [3.8, 4) is 0 Å². The van der Waals surface area contributed by atoms with Gasteiger partial charge in [-0.2, -0.15) is 11.8 Å². The van der Waals surface area contributed by atoms with Gasteiger partial charge in [0.1, 0.15) is 0 Å². The summed E-state index contributed by atoms with van der Waals surface area (Å²) in [5.74, 6) is 2.24. The first-order valence-electron chi connectivity index (χ1n) is 6.10. The Bertz CT molecular complexity index is 514. The smallest absolute Gasteiger partial charge is 0.0506 e. The highest BCUT2D eigenvalue weighted by atomic mass is 32.2. The molecule has 2 aromatic rings. The van der Waals surface area contributed by atoms with E-state index in [4.69, 9.17) is 5.73 Å². The molecule has 0 amide bonds. The zero-order chi connectivity index (χ0) is 12.4. The summed E-state index contributed by atoms with van der Waals surface area (Å²) in [7, 11) is 0. The Morgan fingerprint density at radius 1 is 1.35 bits per heavy atom. The number of hydrogen-bond acceptors (Lipinski definition) is 2. The van der Waals surface area contributed by atoms with Crippen LogP contribution >= 0.6 is 11.8 Å². The highest BCUT2D eigenvalue weighted by molar-refractivity contribution is 7.98. The Kier molecular flexibility index (Phi) is 3.67. The molecular formula is C14H20N2S. The van der Waals surface area contributed by atoms with Crippen LogP contribution in [0.1, 0.15) is 32.4 Å². The lowest BCUT2D eigenvalue weighted by molar-refractivity contribution is 0.622. The van der Waals surface area contributed by atoms with Crippen molar-refractivity contribution in [3.63, 3.8) is 0 Å². The number of anilines is 1. The summed E-state index contributed by atoms with van der Waals surface area (Å²) in [6.07, 6.45) is 2.28. The van der Waals surface area contributed by atoms with Crippen LogP contribution in [0.3, 0.4) is 0 Å². The van der Waals surface area contributed by atoms with Gasteiger partial charge in [0.2, 0.25) is 0 Å². The second kappa shape index (κ2) is 5.05. The van der Waals surface area contributed by atoms with E-state index in [1.54, 1.807) is 0 Å². The fourth-order valence-corrected chi connectivity index (χ4v) is 2.75. The van der Waals surface area contributed by atoms with Crippen LogP contribution in [0.5, 0.6) is 0 Å². The van der Waals surface area contributed by atoms with Crippen LogP contribution in [0.15, 0.2) is 24.4 Å². The van der Waals surface area contributed by atoms with Crippen molar-refractivity contribution in [3.05, 3.63) is 30.0 Å². The monoisotopic (exact) mass is 248 g/mol. The Balaban J connectivity index is 2.54. The molecule has 0 fully saturated rings.